The maximum atomic E-state index is 12.6. The van der Waals surface area contributed by atoms with E-state index in [4.69, 9.17) is 0 Å². The summed E-state index contributed by atoms with van der Waals surface area (Å²) in [5.74, 6) is -0.261. The highest BCUT2D eigenvalue weighted by Gasteiger charge is 2.24. The Morgan fingerprint density at radius 2 is 2.08 bits per heavy atom. The molecule has 1 fully saturated rings. The van der Waals surface area contributed by atoms with E-state index in [1.165, 1.54) is 30.9 Å². The zero-order chi connectivity index (χ0) is 18.5. The molecular formula is C19H23N3O3S. The molecule has 1 saturated heterocycles. The monoisotopic (exact) mass is 373 g/mol. The molecular weight excluding hydrogens is 350 g/mol. The first-order valence-electron chi connectivity index (χ1n) is 8.86. The Kier molecular flexibility index (Phi) is 6.00. The average molecular weight is 373 g/mol. The molecule has 3 rings (SSSR count). The molecule has 0 radical (unpaired) electrons. The van der Waals surface area contributed by atoms with Crippen molar-refractivity contribution in [3.8, 4) is 0 Å². The topological polar surface area (TPSA) is 75.5 Å². The first kappa shape index (κ1) is 18.5. The van der Waals surface area contributed by atoms with Crippen LogP contribution in [-0.2, 0) is 0 Å². The molecule has 2 aromatic rings. The first-order chi connectivity index (χ1) is 12.6. The van der Waals surface area contributed by atoms with Crippen molar-refractivity contribution in [2.75, 3.05) is 19.6 Å². The minimum absolute atomic E-state index is 0.0249. The van der Waals surface area contributed by atoms with Crippen molar-refractivity contribution in [3.05, 3.63) is 61.8 Å². The molecule has 6 nitrogen and oxygen atoms in total. The second-order valence-electron chi connectivity index (χ2n) is 6.59. The van der Waals surface area contributed by atoms with Crippen LogP contribution in [0.5, 0.6) is 0 Å². The van der Waals surface area contributed by atoms with Crippen LogP contribution in [0.2, 0.25) is 0 Å². The van der Waals surface area contributed by atoms with Crippen molar-refractivity contribution in [2.45, 2.75) is 32.2 Å². The van der Waals surface area contributed by atoms with Gasteiger partial charge in [0, 0.05) is 23.7 Å². The van der Waals surface area contributed by atoms with Gasteiger partial charge in [0.2, 0.25) is 0 Å². The molecule has 1 atom stereocenters. The SMILES string of the molecule is Cc1c(C(=O)NCC(c2ccsc2)N2CCCCC2)cccc1[N+](=O)[O-]. The number of nitro groups is 1. The second-order valence-corrected chi connectivity index (χ2v) is 7.37. The van der Waals surface area contributed by atoms with Crippen molar-refractivity contribution in [3.63, 3.8) is 0 Å². The number of rotatable bonds is 6. The van der Waals surface area contributed by atoms with Crippen LogP contribution in [0.25, 0.3) is 0 Å². The Hall–Kier alpha value is -2.25. The Balaban J connectivity index is 1.74. The number of likely N-dealkylation sites (tertiary alicyclic amines) is 1. The minimum Gasteiger partial charge on any atom is -0.350 e. The number of carbonyl (C=O) groups is 1. The molecule has 1 amide bonds. The molecule has 0 bridgehead atoms. The molecule has 138 valence electrons. The second kappa shape index (κ2) is 8.42. The lowest BCUT2D eigenvalue weighted by atomic mass is 10.0. The minimum atomic E-state index is -0.450. The van der Waals surface area contributed by atoms with E-state index in [2.05, 4.69) is 27.0 Å². The molecule has 26 heavy (non-hydrogen) atoms. The fourth-order valence-corrected chi connectivity index (χ4v) is 4.21. The quantitative estimate of drug-likeness (QED) is 0.615. The number of nitrogens with zero attached hydrogens (tertiary/aromatic N) is 2. The van der Waals surface area contributed by atoms with Gasteiger partial charge < -0.3 is 5.32 Å². The van der Waals surface area contributed by atoms with E-state index in [0.717, 1.165) is 13.1 Å². The van der Waals surface area contributed by atoms with Crippen LogP contribution < -0.4 is 5.32 Å². The molecule has 1 aliphatic rings. The predicted molar refractivity (Wildman–Crippen MR) is 103 cm³/mol. The fourth-order valence-electron chi connectivity index (χ4n) is 3.50. The van der Waals surface area contributed by atoms with Crippen molar-refractivity contribution in [2.24, 2.45) is 0 Å². The zero-order valence-corrected chi connectivity index (χ0v) is 15.6. The third kappa shape index (κ3) is 4.11. The first-order valence-corrected chi connectivity index (χ1v) is 9.80. The highest BCUT2D eigenvalue weighted by molar-refractivity contribution is 7.07. The summed E-state index contributed by atoms with van der Waals surface area (Å²) in [6, 6.07) is 6.87. The average Bonchev–Trinajstić information content (AvgIpc) is 3.17. The number of hydrogen-bond donors (Lipinski definition) is 1. The van der Waals surface area contributed by atoms with Gasteiger partial charge in [-0.05, 0) is 61.3 Å². The van der Waals surface area contributed by atoms with Crippen LogP contribution in [0, 0.1) is 17.0 Å². The van der Waals surface area contributed by atoms with Gasteiger partial charge in [-0.25, -0.2) is 0 Å². The molecule has 1 unspecified atom stereocenters. The van der Waals surface area contributed by atoms with Gasteiger partial charge in [-0.1, -0.05) is 12.5 Å². The van der Waals surface area contributed by atoms with Gasteiger partial charge in [0.25, 0.3) is 11.6 Å². The van der Waals surface area contributed by atoms with E-state index in [9.17, 15) is 14.9 Å². The van der Waals surface area contributed by atoms with E-state index in [0.29, 0.717) is 17.7 Å². The maximum absolute atomic E-state index is 12.6. The van der Waals surface area contributed by atoms with E-state index in [-0.39, 0.29) is 17.6 Å². The van der Waals surface area contributed by atoms with Crippen LogP contribution in [-0.4, -0.2) is 35.4 Å². The molecule has 0 saturated carbocycles. The smallest absolute Gasteiger partial charge is 0.273 e. The van der Waals surface area contributed by atoms with Crippen LogP contribution in [0.3, 0.4) is 0 Å². The number of thiophene rings is 1. The van der Waals surface area contributed by atoms with E-state index in [1.54, 1.807) is 30.4 Å². The van der Waals surface area contributed by atoms with Crippen molar-refractivity contribution < 1.29 is 9.72 Å². The largest absolute Gasteiger partial charge is 0.350 e. The summed E-state index contributed by atoms with van der Waals surface area (Å²) in [6.07, 6.45) is 3.61. The Morgan fingerprint density at radius 1 is 1.31 bits per heavy atom. The molecule has 1 aliphatic heterocycles. The van der Waals surface area contributed by atoms with E-state index >= 15 is 0 Å². The number of nitrogens with one attached hydrogen (secondary N) is 1. The van der Waals surface area contributed by atoms with E-state index in [1.807, 2.05) is 0 Å². The Bertz CT molecular complexity index is 770. The summed E-state index contributed by atoms with van der Waals surface area (Å²) in [4.78, 5) is 25.7. The standard InChI is InChI=1S/C19H23N3O3S/c1-14-16(6-5-7-17(14)22(24)25)19(23)20-12-18(15-8-11-26-13-15)21-9-3-2-4-10-21/h5-8,11,13,18H,2-4,9-10,12H2,1H3,(H,20,23). The molecule has 1 N–H and O–H groups in total. The number of benzene rings is 1. The molecule has 0 aliphatic carbocycles. The van der Waals surface area contributed by atoms with Gasteiger partial charge in [0.15, 0.2) is 0 Å². The Morgan fingerprint density at radius 3 is 2.73 bits per heavy atom. The molecule has 0 spiro atoms. The normalized spacial score (nSPS) is 16.2. The number of piperidine rings is 1. The third-order valence-electron chi connectivity index (χ3n) is 4.96. The van der Waals surface area contributed by atoms with Gasteiger partial charge in [-0.3, -0.25) is 19.8 Å². The Labute approximate surface area is 157 Å². The zero-order valence-electron chi connectivity index (χ0n) is 14.8. The van der Waals surface area contributed by atoms with Crippen LogP contribution in [0.15, 0.2) is 35.0 Å². The summed E-state index contributed by atoms with van der Waals surface area (Å²) in [5.41, 5.74) is 1.96. The van der Waals surface area contributed by atoms with Gasteiger partial charge in [-0.2, -0.15) is 11.3 Å². The van der Waals surface area contributed by atoms with Crippen molar-refractivity contribution in [1.29, 1.82) is 0 Å². The fraction of sp³-hybridized carbons (Fsp3) is 0.421. The third-order valence-corrected chi connectivity index (χ3v) is 5.66. The predicted octanol–water partition coefficient (Wildman–Crippen LogP) is 3.92. The molecule has 1 aromatic heterocycles. The highest BCUT2D eigenvalue weighted by Crippen LogP contribution is 2.26. The van der Waals surface area contributed by atoms with Crippen molar-refractivity contribution in [1.82, 2.24) is 10.2 Å². The molecule has 2 heterocycles. The van der Waals surface area contributed by atoms with Gasteiger partial charge >= 0.3 is 0 Å². The van der Waals surface area contributed by atoms with Gasteiger partial charge in [0.1, 0.15) is 0 Å². The number of nitro benzene ring substituents is 1. The summed E-state index contributed by atoms with van der Waals surface area (Å²) >= 11 is 1.66. The molecule has 1 aromatic carbocycles. The lowest BCUT2D eigenvalue weighted by Gasteiger charge is -2.34. The molecule has 7 heteroatoms. The lowest BCUT2D eigenvalue weighted by molar-refractivity contribution is -0.385. The summed E-state index contributed by atoms with van der Waals surface area (Å²) in [5, 5.41) is 18.3. The van der Waals surface area contributed by atoms with Crippen LogP contribution in [0.4, 0.5) is 5.69 Å². The number of amides is 1. The van der Waals surface area contributed by atoms with Crippen LogP contribution >= 0.6 is 11.3 Å². The highest BCUT2D eigenvalue weighted by atomic mass is 32.1. The summed E-state index contributed by atoms with van der Waals surface area (Å²) in [6.45, 7) is 4.18. The van der Waals surface area contributed by atoms with Crippen molar-refractivity contribution >= 4 is 22.9 Å². The lowest BCUT2D eigenvalue weighted by Crippen LogP contribution is -2.40. The number of hydrogen-bond acceptors (Lipinski definition) is 5. The summed E-state index contributed by atoms with van der Waals surface area (Å²) in [7, 11) is 0. The van der Waals surface area contributed by atoms with Gasteiger partial charge in [0.05, 0.1) is 11.0 Å². The van der Waals surface area contributed by atoms with Gasteiger partial charge in [-0.15, -0.1) is 0 Å². The maximum Gasteiger partial charge on any atom is 0.273 e. The number of carbonyl (C=O) groups excluding carboxylic acids is 1. The summed E-state index contributed by atoms with van der Waals surface area (Å²) < 4.78 is 0. The van der Waals surface area contributed by atoms with Crippen LogP contribution in [0.1, 0.15) is 46.8 Å². The van der Waals surface area contributed by atoms with E-state index < -0.39 is 4.92 Å².